The van der Waals surface area contributed by atoms with Crippen molar-refractivity contribution in [3.8, 4) is 0 Å². The van der Waals surface area contributed by atoms with Crippen molar-refractivity contribution in [2.45, 2.75) is 13.0 Å². The van der Waals surface area contributed by atoms with Crippen molar-refractivity contribution < 1.29 is 14.0 Å². The van der Waals surface area contributed by atoms with Gasteiger partial charge in [-0.3, -0.25) is 10.4 Å². The first-order valence-electron chi connectivity index (χ1n) is 8.63. The number of fused-ring (bicyclic) bond motifs is 4. The second-order valence-corrected chi connectivity index (χ2v) is 6.51. The Morgan fingerprint density at radius 2 is 2.07 bits per heavy atom. The van der Waals surface area contributed by atoms with Gasteiger partial charge in [0.2, 0.25) is 0 Å². The van der Waals surface area contributed by atoms with Gasteiger partial charge in [0.1, 0.15) is 5.82 Å². The molecule has 1 aliphatic heterocycles. The van der Waals surface area contributed by atoms with E-state index in [0.29, 0.717) is 25.3 Å². The van der Waals surface area contributed by atoms with Gasteiger partial charge in [-0.1, -0.05) is 12.1 Å². The number of carbonyl (C=O) groups is 1. The molecule has 1 amide bonds. The van der Waals surface area contributed by atoms with Gasteiger partial charge in [0.05, 0.1) is 12.1 Å². The zero-order valence-electron chi connectivity index (χ0n) is 14.3. The molecule has 7 nitrogen and oxygen atoms in total. The number of aromatic nitrogens is 3. The van der Waals surface area contributed by atoms with Gasteiger partial charge in [-0.05, 0) is 42.3 Å². The SMILES string of the molecule is O=C(Nc1n[nH]c2ccccc12)ON1CCc2c([nH]c3cc(F)ccc23)C1. The fraction of sp³-hybridized carbons (Fsp3) is 0.158. The fourth-order valence-corrected chi connectivity index (χ4v) is 3.57. The molecule has 2 aromatic carbocycles. The van der Waals surface area contributed by atoms with Gasteiger partial charge < -0.3 is 9.82 Å². The number of aromatic amines is 2. The van der Waals surface area contributed by atoms with E-state index in [9.17, 15) is 9.18 Å². The van der Waals surface area contributed by atoms with Crippen molar-refractivity contribution in [3.05, 3.63) is 59.5 Å². The number of amides is 1. The Balaban J connectivity index is 1.30. The molecule has 0 radical (unpaired) electrons. The third-order valence-corrected chi connectivity index (χ3v) is 4.81. The van der Waals surface area contributed by atoms with Gasteiger partial charge in [0.15, 0.2) is 5.82 Å². The molecule has 0 fully saturated rings. The predicted octanol–water partition coefficient (Wildman–Crippen LogP) is 3.71. The molecule has 0 atom stereocenters. The van der Waals surface area contributed by atoms with Gasteiger partial charge in [0.25, 0.3) is 0 Å². The number of nitrogens with one attached hydrogen (secondary N) is 3. The molecule has 3 heterocycles. The number of hydrogen-bond acceptors (Lipinski definition) is 4. The summed E-state index contributed by atoms with van der Waals surface area (Å²) in [7, 11) is 0. The largest absolute Gasteiger partial charge is 0.432 e. The first-order valence-corrected chi connectivity index (χ1v) is 8.63. The summed E-state index contributed by atoms with van der Waals surface area (Å²) in [6.45, 7) is 0.979. The van der Waals surface area contributed by atoms with Crippen LogP contribution in [0.1, 0.15) is 11.3 Å². The highest BCUT2D eigenvalue weighted by Crippen LogP contribution is 2.28. The van der Waals surface area contributed by atoms with E-state index in [-0.39, 0.29) is 5.82 Å². The smallest absolute Gasteiger partial charge is 0.357 e. The molecule has 8 heteroatoms. The summed E-state index contributed by atoms with van der Waals surface area (Å²) in [6, 6.07) is 12.2. The van der Waals surface area contributed by atoms with Crippen molar-refractivity contribution in [3.63, 3.8) is 0 Å². The topological polar surface area (TPSA) is 86.0 Å². The summed E-state index contributed by atoms with van der Waals surface area (Å²) in [6.07, 6.45) is 0.109. The molecule has 0 saturated heterocycles. The van der Waals surface area contributed by atoms with Crippen molar-refractivity contribution in [1.29, 1.82) is 0 Å². The van der Waals surface area contributed by atoms with Crippen LogP contribution in [0.2, 0.25) is 0 Å². The maximum absolute atomic E-state index is 13.4. The standard InChI is InChI=1S/C19H16FN5O2/c20-11-5-6-12-13-7-8-25(10-17(13)21-16(12)9-11)27-19(26)22-18-14-3-1-2-4-15(14)23-24-18/h1-6,9,21H,7-8,10H2,(H2,22,23,24,26). The van der Waals surface area contributed by atoms with E-state index in [1.165, 1.54) is 12.1 Å². The van der Waals surface area contributed by atoms with E-state index < -0.39 is 6.09 Å². The lowest BCUT2D eigenvalue weighted by Gasteiger charge is -2.25. The maximum atomic E-state index is 13.4. The lowest BCUT2D eigenvalue weighted by molar-refractivity contribution is -0.106. The number of anilines is 1. The Morgan fingerprint density at radius 1 is 1.19 bits per heavy atom. The minimum atomic E-state index is -0.599. The highest BCUT2D eigenvalue weighted by atomic mass is 19.1. The molecule has 136 valence electrons. The Kier molecular flexibility index (Phi) is 3.58. The number of nitrogens with zero attached hydrogens (tertiary/aromatic N) is 2. The quantitative estimate of drug-likeness (QED) is 0.505. The molecule has 0 bridgehead atoms. The summed E-state index contributed by atoms with van der Waals surface area (Å²) < 4.78 is 13.4. The second kappa shape index (κ2) is 6.10. The summed E-state index contributed by atoms with van der Waals surface area (Å²) in [5, 5.41) is 13.0. The molecule has 27 heavy (non-hydrogen) atoms. The summed E-state index contributed by atoms with van der Waals surface area (Å²) in [5.41, 5.74) is 3.67. The van der Waals surface area contributed by atoms with Crippen LogP contribution in [-0.2, 0) is 17.8 Å². The number of halogens is 1. The Labute approximate surface area is 153 Å². The highest BCUT2D eigenvalue weighted by Gasteiger charge is 2.24. The molecular formula is C19H16FN5O2. The maximum Gasteiger partial charge on any atom is 0.432 e. The molecule has 0 unspecified atom stereocenters. The zero-order valence-corrected chi connectivity index (χ0v) is 14.3. The van der Waals surface area contributed by atoms with Crippen LogP contribution < -0.4 is 5.32 Å². The number of hydroxylamine groups is 2. The summed E-state index contributed by atoms with van der Waals surface area (Å²) in [5.74, 6) is 0.147. The molecule has 3 N–H and O–H groups in total. The first kappa shape index (κ1) is 15.8. The number of hydrogen-bond donors (Lipinski definition) is 3. The number of rotatable bonds is 2. The van der Waals surface area contributed by atoms with Gasteiger partial charge in [0, 0.05) is 28.5 Å². The minimum Gasteiger partial charge on any atom is -0.357 e. The van der Waals surface area contributed by atoms with Crippen molar-refractivity contribution in [2.75, 3.05) is 11.9 Å². The van der Waals surface area contributed by atoms with Gasteiger partial charge in [-0.2, -0.15) is 5.10 Å². The van der Waals surface area contributed by atoms with E-state index in [2.05, 4.69) is 20.5 Å². The highest BCUT2D eigenvalue weighted by molar-refractivity contribution is 5.96. The molecule has 1 aliphatic rings. The van der Waals surface area contributed by atoms with Crippen LogP contribution in [0.3, 0.4) is 0 Å². The average Bonchev–Trinajstić information content (AvgIpc) is 3.22. The van der Waals surface area contributed by atoms with Crippen LogP contribution in [0.15, 0.2) is 42.5 Å². The van der Waals surface area contributed by atoms with E-state index >= 15 is 0 Å². The normalized spacial score (nSPS) is 14.4. The number of H-pyrrole nitrogens is 2. The lowest BCUT2D eigenvalue weighted by atomic mass is 10.0. The van der Waals surface area contributed by atoms with E-state index in [4.69, 9.17) is 4.84 Å². The van der Waals surface area contributed by atoms with E-state index in [1.807, 2.05) is 24.3 Å². The van der Waals surface area contributed by atoms with Crippen molar-refractivity contribution >= 4 is 33.7 Å². The van der Waals surface area contributed by atoms with Crippen LogP contribution in [0.25, 0.3) is 21.8 Å². The Bertz CT molecular complexity index is 1170. The molecule has 5 rings (SSSR count). The second-order valence-electron chi connectivity index (χ2n) is 6.51. The predicted molar refractivity (Wildman–Crippen MR) is 98.6 cm³/mol. The third-order valence-electron chi connectivity index (χ3n) is 4.81. The van der Waals surface area contributed by atoms with Gasteiger partial charge >= 0.3 is 6.09 Å². The zero-order chi connectivity index (χ0) is 18.4. The average molecular weight is 365 g/mol. The number of carbonyl (C=O) groups excluding carboxylic acids is 1. The first-order chi connectivity index (χ1) is 13.2. The Hall–Kier alpha value is -3.39. The van der Waals surface area contributed by atoms with Crippen LogP contribution >= 0.6 is 0 Å². The molecule has 0 saturated carbocycles. The third kappa shape index (κ3) is 2.80. The molecule has 4 aromatic rings. The van der Waals surface area contributed by atoms with Crippen LogP contribution in [0.4, 0.5) is 15.0 Å². The van der Waals surface area contributed by atoms with Gasteiger partial charge in [-0.15, -0.1) is 5.06 Å². The monoisotopic (exact) mass is 365 g/mol. The summed E-state index contributed by atoms with van der Waals surface area (Å²) in [4.78, 5) is 20.9. The van der Waals surface area contributed by atoms with Crippen molar-refractivity contribution in [2.24, 2.45) is 0 Å². The van der Waals surface area contributed by atoms with E-state index in [1.54, 1.807) is 11.1 Å². The van der Waals surface area contributed by atoms with Crippen LogP contribution in [-0.4, -0.2) is 32.9 Å². The molecular weight excluding hydrogens is 349 g/mol. The van der Waals surface area contributed by atoms with Crippen LogP contribution in [0.5, 0.6) is 0 Å². The fourth-order valence-electron chi connectivity index (χ4n) is 3.57. The molecule has 0 aliphatic carbocycles. The number of benzene rings is 2. The lowest BCUT2D eigenvalue weighted by Crippen LogP contribution is -2.34. The summed E-state index contributed by atoms with van der Waals surface area (Å²) >= 11 is 0. The van der Waals surface area contributed by atoms with Gasteiger partial charge in [-0.25, -0.2) is 9.18 Å². The molecule has 0 spiro atoms. The Morgan fingerprint density at radius 3 is 3.00 bits per heavy atom. The molecule has 2 aromatic heterocycles. The number of para-hydroxylation sites is 1. The minimum absolute atomic E-state index is 0.278. The van der Waals surface area contributed by atoms with Crippen LogP contribution in [0, 0.1) is 5.82 Å². The van der Waals surface area contributed by atoms with E-state index in [0.717, 1.165) is 33.1 Å². The van der Waals surface area contributed by atoms with Crippen molar-refractivity contribution in [1.82, 2.24) is 20.2 Å².